The van der Waals surface area contributed by atoms with E-state index < -0.39 is 32.6 Å². The fourth-order valence-electron chi connectivity index (χ4n) is 3.90. The Morgan fingerprint density at radius 1 is 0.581 bits per heavy atom. The van der Waals surface area contributed by atoms with E-state index in [1.165, 1.54) is 0 Å². The number of hydrogen-bond acceptors (Lipinski definition) is 4. The van der Waals surface area contributed by atoms with Gasteiger partial charge in [-0.25, -0.2) is 0 Å². The number of thiocarbonyl (C=S) groups is 2. The molecule has 0 atom stereocenters. The van der Waals surface area contributed by atoms with Crippen molar-refractivity contribution < 1.29 is 19.5 Å². The Morgan fingerprint density at radius 2 is 0.742 bits per heavy atom. The van der Waals surface area contributed by atoms with Gasteiger partial charge in [-0.3, -0.25) is 8.67 Å². The Morgan fingerprint density at radius 3 is 0.774 bits per heavy atom. The van der Waals surface area contributed by atoms with Crippen molar-refractivity contribution in [3.8, 4) is 0 Å². The summed E-state index contributed by atoms with van der Waals surface area (Å²) in [5.74, 6) is 0. The quantitative estimate of drug-likeness (QED) is 0.116. The Kier molecular flexibility index (Phi) is 19.4. The molecule has 0 amide bonds. The van der Waals surface area contributed by atoms with Crippen molar-refractivity contribution in [2.45, 2.75) is 117 Å². The Balaban J connectivity index is -0.000000490. The van der Waals surface area contributed by atoms with Crippen LogP contribution in [0, 0.1) is 0 Å². The fourth-order valence-corrected chi connectivity index (χ4v) is 24.0. The normalized spacial score (nSPS) is 12.3. The van der Waals surface area contributed by atoms with E-state index in [1.807, 2.05) is 0 Å². The molecule has 2 nitrogen and oxygen atoms in total. The molecular weight excluding hydrogens is 580 g/mol. The molecule has 0 heterocycles. The molecule has 0 aliphatic carbocycles. The first kappa shape index (κ1) is 37.7. The summed E-state index contributed by atoms with van der Waals surface area (Å²) in [5.41, 5.74) is 2.79. The summed E-state index contributed by atoms with van der Waals surface area (Å²) in [6.07, 6.45) is 0. The monoisotopic (exact) mass is 626 g/mol. The molecule has 0 aliphatic heterocycles. The molecule has 0 saturated carbocycles. The third kappa shape index (κ3) is 13.7. The van der Waals surface area contributed by atoms with Crippen LogP contribution in [0.15, 0.2) is 0 Å². The van der Waals surface area contributed by atoms with Crippen LogP contribution in [0.1, 0.15) is 55.4 Å². The third-order valence-corrected chi connectivity index (χ3v) is 21.5. The van der Waals surface area contributed by atoms with Gasteiger partial charge < -0.3 is 49.7 Å². The molecule has 0 bridgehead atoms. The fraction of sp³-hybridized carbons (Fsp3) is 0.900. The molecule has 31 heavy (non-hydrogen) atoms. The minimum atomic E-state index is -1.41. The van der Waals surface area contributed by atoms with Crippen LogP contribution in [-0.2, 0) is 44.7 Å². The van der Waals surface area contributed by atoms with Crippen LogP contribution in [0.5, 0.6) is 0 Å². The van der Waals surface area contributed by atoms with Gasteiger partial charge in [0.2, 0.25) is 0 Å². The zero-order valence-corrected chi connectivity index (χ0v) is 32.8. The van der Waals surface area contributed by atoms with E-state index in [9.17, 15) is 0 Å². The maximum absolute atomic E-state index is 5.28. The second kappa shape index (κ2) is 16.0. The van der Waals surface area contributed by atoms with E-state index in [0.717, 1.165) is 0 Å². The minimum Gasteiger partial charge on any atom is -0.409 e. The Labute approximate surface area is 234 Å². The van der Waals surface area contributed by atoms with Crippen LogP contribution in [0.25, 0.3) is 0 Å². The molecule has 0 aliphatic rings. The molecule has 11 heteroatoms. The first-order valence-electron chi connectivity index (χ1n) is 10.9. The standard InChI is InChI=1S/2C10H24NPS2Si.Zn/c2*1-8(2)12(9(3)4)11(10(13)14)15(5,6)7;/h2*8-9H,1-7H3,(H,13,14);/q;;+2. The second-order valence-corrected chi connectivity index (χ2v) is 30.8. The first-order chi connectivity index (χ1) is 13.2. The third-order valence-electron chi connectivity index (χ3n) is 4.59. The summed E-state index contributed by atoms with van der Waals surface area (Å²) in [6, 6.07) is 0. The molecular formula is C20H48N2P2S4Si2Zn+2. The minimum absolute atomic E-state index is 0. The van der Waals surface area contributed by atoms with Gasteiger partial charge in [-0.2, -0.15) is 0 Å². The van der Waals surface area contributed by atoms with Crippen molar-refractivity contribution in [2.75, 3.05) is 0 Å². The maximum Gasteiger partial charge on any atom is 2.00 e. The van der Waals surface area contributed by atoms with Gasteiger partial charge in [0.1, 0.15) is 0 Å². The molecule has 0 rings (SSSR count). The summed E-state index contributed by atoms with van der Waals surface area (Å²) < 4.78 is 6.31. The average Bonchev–Trinajstić information content (AvgIpc) is 2.45. The molecule has 0 unspecified atom stereocenters. The van der Waals surface area contributed by atoms with Crippen molar-refractivity contribution >= 4 is 90.9 Å². The summed E-state index contributed by atoms with van der Waals surface area (Å²) in [7, 11) is -4.06. The molecule has 0 fully saturated rings. The van der Waals surface area contributed by atoms with Crippen molar-refractivity contribution in [2.24, 2.45) is 0 Å². The summed E-state index contributed by atoms with van der Waals surface area (Å²) in [4.78, 5) is 0. The van der Waals surface area contributed by atoms with Crippen LogP contribution in [0.4, 0.5) is 0 Å². The van der Waals surface area contributed by atoms with Gasteiger partial charge >= 0.3 is 19.5 Å². The van der Waals surface area contributed by atoms with Crippen molar-refractivity contribution in [1.82, 2.24) is 8.67 Å². The molecule has 0 aromatic heterocycles. The van der Waals surface area contributed by atoms with Crippen molar-refractivity contribution in [1.29, 1.82) is 0 Å². The van der Waals surface area contributed by atoms with Gasteiger partial charge in [-0.05, 0) is 103 Å². The van der Waals surface area contributed by atoms with E-state index in [1.54, 1.807) is 0 Å². The van der Waals surface area contributed by atoms with Gasteiger partial charge in [-0.15, -0.1) is 0 Å². The molecule has 0 spiro atoms. The van der Waals surface area contributed by atoms with Gasteiger partial charge in [0, 0.05) is 0 Å². The largest absolute Gasteiger partial charge is 2.00 e. The van der Waals surface area contributed by atoms with E-state index >= 15 is 0 Å². The first-order valence-corrected chi connectivity index (χ1v) is 22.7. The smallest absolute Gasteiger partial charge is 0.409 e. The van der Waals surface area contributed by atoms with Crippen LogP contribution in [0.3, 0.4) is 0 Å². The van der Waals surface area contributed by atoms with Crippen molar-refractivity contribution in [3.05, 3.63) is 0 Å². The molecule has 0 aromatic rings. The average molecular weight is 628 g/mol. The molecule has 0 aromatic carbocycles. The Hall–Kier alpha value is 2.14. The maximum atomic E-state index is 5.28. The number of hydrogen-bond donors (Lipinski definition) is 0. The predicted molar refractivity (Wildman–Crippen MR) is 167 cm³/mol. The van der Waals surface area contributed by atoms with Crippen LogP contribution < -0.4 is 0 Å². The SMILES string of the molecule is CC(C)[PH+](C(C)C)N(C(=S)[S-])[Si](C)(C)C.CC(C)[PH+](C(C)C)N(C(=S)[S-])[Si](C)(C)C.[Zn+2]. The topological polar surface area (TPSA) is 6.48 Å². The van der Waals surface area contributed by atoms with Gasteiger partial charge in [0.05, 0.1) is 38.8 Å². The van der Waals surface area contributed by atoms with Gasteiger partial charge in [0.15, 0.2) is 16.5 Å². The van der Waals surface area contributed by atoms with Gasteiger partial charge in [0.25, 0.3) is 0 Å². The van der Waals surface area contributed by atoms with E-state index in [0.29, 0.717) is 31.3 Å². The summed E-state index contributed by atoms with van der Waals surface area (Å²) in [5, 5.41) is 0. The van der Waals surface area contributed by atoms with Gasteiger partial charge in [-0.1, -0.05) is 0 Å². The zero-order chi connectivity index (χ0) is 24.8. The van der Waals surface area contributed by atoms with E-state index in [2.05, 4.69) is 103 Å². The summed E-state index contributed by atoms with van der Waals surface area (Å²) >= 11 is 21.1. The molecule has 0 radical (unpaired) electrons. The van der Waals surface area contributed by atoms with Crippen LogP contribution in [-0.4, -0.2) is 56.4 Å². The second-order valence-electron chi connectivity index (χ2n) is 11.0. The molecule has 0 saturated heterocycles. The predicted octanol–water partition coefficient (Wildman–Crippen LogP) is 7.80. The van der Waals surface area contributed by atoms with Crippen molar-refractivity contribution in [3.63, 3.8) is 0 Å². The molecule has 180 valence electrons. The summed E-state index contributed by atoms with van der Waals surface area (Å²) in [6.45, 7) is 32.4. The molecule has 0 N–H and O–H groups in total. The number of rotatable bonds is 8. The van der Waals surface area contributed by atoms with Crippen LogP contribution >= 0.6 is 40.6 Å². The Bertz CT molecular complexity index is 490. The number of nitrogens with zero attached hydrogens (tertiary/aromatic N) is 2. The van der Waals surface area contributed by atoms with Crippen LogP contribution in [0.2, 0.25) is 39.3 Å². The van der Waals surface area contributed by atoms with E-state index in [4.69, 9.17) is 49.7 Å². The van der Waals surface area contributed by atoms with E-state index in [-0.39, 0.29) is 19.5 Å². The zero-order valence-electron chi connectivity index (χ0n) is 22.5.